The van der Waals surface area contributed by atoms with E-state index in [0.717, 1.165) is 31.5 Å². The van der Waals surface area contributed by atoms with Gasteiger partial charge in [-0.05, 0) is 56.4 Å². The highest BCUT2D eigenvalue weighted by molar-refractivity contribution is 7.09. The summed E-state index contributed by atoms with van der Waals surface area (Å²) in [5.74, 6) is 1.58. The zero-order valence-electron chi connectivity index (χ0n) is 16.5. The maximum atomic E-state index is 4.87. The SMILES string of the molecule is CCNC(=NCC(C)Cc1cccs1)NC1CCN(C2CCCC2)CC1. The Kier molecular flexibility index (Phi) is 7.81. The molecule has 2 aliphatic rings. The minimum absolute atomic E-state index is 0.568. The molecule has 5 heteroatoms. The summed E-state index contributed by atoms with van der Waals surface area (Å²) in [6, 6.07) is 5.81. The van der Waals surface area contributed by atoms with E-state index in [1.165, 1.54) is 56.5 Å². The number of nitrogens with zero attached hydrogens (tertiary/aromatic N) is 2. The highest BCUT2D eigenvalue weighted by Crippen LogP contribution is 2.26. The first-order chi connectivity index (χ1) is 12.7. The first-order valence-corrected chi connectivity index (χ1v) is 11.4. The van der Waals surface area contributed by atoms with Crippen LogP contribution in [0.4, 0.5) is 0 Å². The minimum Gasteiger partial charge on any atom is -0.357 e. The lowest BCUT2D eigenvalue weighted by molar-refractivity contribution is 0.150. The maximum absolute atomic E-state index is 4.87. The summed E-state index contributed by atoms with van der Waals surface area (Å²) in [4.78, 5) is 9.07. The van der Waals surface area contributed by atoms with Gasteiger partial charge in [-0.1, -0.05) is 25.8 Å². The number of likely N-dealkylation sites (tertiary alicyclic amines) is 1. The Balaban J connectivity index is 1.43. The van der Waals surface area contributed by atoms with Gasteiger partial charge in [-0.2, -0.15) is 0 Å². The molecule has 1 unspecified atom stereocenters. The first kappa shape index (κ1) is 19.7. The lowest BCUT2D eigenvalue weighted by Gasteiger charge is -2.36. The van der Waals surface area contributed by atoms with E-state index in [9.17, 15) is 0 Å². The summed E-state index contributed by atoms with van der Waals surface area (Å²) < 4.78 is 0. The molecule has 1 aromatic rings. The Morgan fingerprint density at radius 3 is 2.69 bits per heavy atom. The second-order valence-corrected chi connectivity index (χ2v) is 9.03. The van der Waals surface area contributed by atoms with Crippen LogP contribution in [-0.4, -0.2) is 49.1 Å². The smallest absolute Gasteiger partial charge is 0.191 e. The van der Waals surface area contributed by atoms with Crippen molar-refractivity contribution < 1.29 is 0 Å². The largest absolute Gasteiger partial charge is 0.357 e. The van der Waals surface area contributed by atoms with Crippen molar-refractivity contribution in [1.29, 1.82) is 0 Å². The van der Waals surface area contributed by atoms with Crippen LogP contribution < -0.4 is 10.6 Å². The number of hydrogen-bond donors (Lipinski definition) is 2. The van der Waals surface area contributed by atoms with E-state index in [4.69, 9.17) is 4.99 Å². The molecule has 146 valence electrons. The average molecular weight is 377 g/mol. The Hall–Kier alpha value is -1.07. The summed E-state index contributed by atoms with van der Waals surface area (Å²) >= 11 is 1.85. The van der Waals surface area contributed by atoms with Crippen LogP contribution in [0.3, 0.4) is 0 Å². The highest BCUT2D eigenvalue weighted by Gasteiger charge is 2.27. The molecule has 1 saturated heterocycles. The number of nitrogens with one attached hydrogen (secondary N) is 2. The molecule has 0 amide bonds. The van der Waals surface area contributed by atoms with Crippen molar-refractivity contribution in [3.8, 4) is 0 Å². The van der Waals surface area contributed by atoms with Crippen LogP contribution in [-0.2, 0) is 6.42 Å². The highest BCUT2D eigenvalue weighted by atomic mass is 32.1. The van der Waals surface area contributed by atoms with Gasteiger partial charge in [0.25, 0.3) is 0 Å². The summed E-state index contributed by atoms with van der Waals surface area (Å²) in [6.07, 6.45) is 9.32. The van der Waals surface area contributed by atoms with Gasteiger partial charge in [0.05, 0.1) is 0 Å². The zero-order valence-corrected chi connectivity index (χ0v) is 17.4. The Labute approximate surface area is 163 Å². The summed E-state index contributed by atoms with van der Waals surface area (Å²) in [6.45, 7) is 8.75. The Bertz CT molecular complexity index is 528. The molecule has 2 fully saturated rings. The van der Waals surface area contributed by atoms with E-state index in [1.54, 1.807) is 0 Å². The summed E-state index contributed by atoms with van der Waals surface area (Å²) in [7, 11) is 0. The molecule has 0 radical (unpaired) electrons. The standard InChI is InChI=1S/C21H36N4S/c1-3-22-21(23-16-17(2)15-20-9-6-14-26-20)24-18-10-12-25(13-11-18)19-7-4-5-8-19/h6,9,14,17-19H,3-5,7-8,10-13,15-16H2,1-2H3,(H2,22,23,24). The van der Waals surface area contributed by atoms with Gasteiger partial charge in [0, 0.05) is 43.1 Å². The number of hydrogen-bond acceptors (Lipinski definition) is 3. The van der Waals surface area contributed by atoms with E-state index >= 15 is 0 Å². The van der Waals surface area contributed by atoms with Crippen LogP contribution >= 0.6 is 11.3 Å². The fourth-order valence-electron chi connectivity index (χ4n) is 4.28. The van der Waals surface area contributed by atoms with Crippen molar-refractivity contribution in [3.05, 3.63) is 22.4 Å². The zero-order chi connectivity index (χ0) is 18.2. The van der Waals surface area contributed by atoms with Gasteiger partial charge in [0.15, 0.2) is 5.96 Å². The topological polar surface area (TPSA) is 39.7 Å². The number of thiophene rings is 1. The first-order valence-electron chi connectivity index (χ1n) is 10.6. The molecule has 2 N–H and O–H groups in total. The van der Waals surface area contributed by atoms with E-state index in [0.29, 0.717) is 12.0 Å². The molecular formula is C21H36N4S. The van der Waals surface area contributed by atoms with Crippen LogP contribution in [0.15, 0.2) is 22.5 Å². The Morgan fingerprint density at radius 2 is 2.04 bits per heavy atom. The monoisotopic (exact) mass is 376 g/mol. The van der Waals surface area contributed by atoms with Gasteiger partial charge < -0.3 is 15.5 Å². The van der Waals surface area contributed by atoms with Crippen molar-refractivity contribution in [2.45, 2.75) is 70.9 Å². The molecule has 1 aliphatic carbocycles. The minimum atomic E-state index is 0.568. The van der Waals surface area contributed by atoms with Crippen LogP contribution in [0.1, 0.15) is 57.2 Å². The molecule has 0 bridgehead atoms. The van der Waals surface area contributed by atoms with Crippen molar-refractivity contribution in [1.82, 2.24) is 15.5 Å². The van der Waals surface area contributed by atoms with Gasteiger partial charge in [-0.3, -0.25) is 4.99 Å². The van der Waals surface area contributed by atoms with Crippen molar-refractivity contribution in [2.75, 3.05) is 26.2 Å². The van der Waals surface area contributed by atoms with Gasteiger partial charge in [0.1, 0.15) is 0 Å². The van der Waals surface area contributed by atoms with E-state index in [1.807, 2.05) is 11.3 Å². The average Bonchev–Trinajstić information content (AvgIpc) is 3.34. The van der Waals surface area contributed by atoms with Crippen molar-refractivity contribution in [2.24, 2.45) is 10.9 Å². The molecule has 4 nitrogen and oxygen atoms in total. The molecule has 1 aromatic heterocycles. The van der Waals surface area contributed by atoms with Crippen LogP contribution in [0.2, 0.25) is 0 Å². The van der Waals surface area contributed by atoms with Crippen LogP contribution in [0.5, 0.6) is 0 Å². The normalized spacial score (nSPS) is 21.8. The van der Waals surface area contributed by atoms with Crippen LogP contribution in [0.25, 0.3) is 0 Å². The van der Waals surface area contributed by atoms with Crippen molar-refractivity contribution >= 4 is 17.3 Å². The second-order valence-electron chi connectivity index (χ2n) is 8.00. The molecule has 1 aliphatic heterocycles. The lowest BCUT2D eigenvalue weighted by atomic mass is 10.0. The molecule has 2 heterocycles. The molecular weight excluding hydrogens is 340 g/mol. The fraction of sp³-hybridized carbons (Fsp3) is 0.762. The molecule has 26 heavy (non-hydrogen) atoms. The Morgan fingerprint density at radius 1 is 1.27 bits per heavy atom. The maximum Gasteiger partial charge on any atom is 0.191 e. The van der Waals surface area contributed by atoms with E-state index in [2.05, 4.69) is 46.9 Å². The van der Waals surface area contributed by atoms with E-state index < -0.39 is 0 Å². The fourth-order valence-corrected chi connectivity index (χ4v) is 5.15. The second kappa shape index (κ2) is 10.3. The van der Waals surface area contributed by atoms with E-state index in [-0.39, 0.29) is 0 Å². The molecule has 1 saturated carbocycles. The number of aliphatic imine (C=N–C) groups is 1. The third-order valence-electron chi connectivity index (χ3n) is 5.75. The van der Waals surface area contributed by atoms with Crippen LogP contribution in [0, 0.1) is 5.92 Å². The number of piperidine rings is 1. The molecule has 0 aromatic carbocycles. The predicted octanol–water partition coefficient (Wildman–Crippen LogP) is 3.89. The third-order valence-corrected chi connectivity index (χ3v) is 6.65. The number of guanidine groups is 1. The molecule has 1 atom stereocenters. The summed E-state index contributed by atoms with van der Waals surface area (Å²) in [5, 5.41) is 9.30. The van der Waals surface area contributed by atoms with Gasteiger partial charge in [-0.25, -0.2) is 0 Å². The quantitative estimate of drug-likeness (QED) is 0.560. The molecule has 0 spiro atoms. The van der Waals surface area contributed by atoms with Gasteiger partial charge in [-0.15, -0.1) is 11.3 Å². The lowest BCUT2D eigenvalue weighted by Crippen LogP contribution is -2.50. The predicted molar refractivity (Wildman–Crippen MR) is 113 cm³/mol. The molecule has 3 rings (SSSR count). The third kappa shape index (κ3) is 5.98. The summed E-state index contributed by atoms with van der Waals surface area (Å²) in [5.41, 5.74) is 0. The van der Waals surface area contributed by atoms with Gasteiger partial charge >= 0.3 is 0 Å². The van der Waals surface area contributed by atoms with Crippen molar-refractivity contribution in [3.63, 3.8) is 0 Å². The van der Waals surface area contributed by atoms with Gasteiger partial charge in [0.2, 0.25) is 0 Å². The number of rotatable bonds is 7.